The average molecular weight is 432 g/mol. The molecule has 2 unspecified atom stereocenters. The lowest BCUT2D eigenvalue weighted by Crippen LogP contribution is -2.46. The highest BCUT2D eigenvalue weighted by Gasteiger charge is 2.21. The Bertz CT molecular complexity index is 824. The minimum Gasteiger partial charge on any atom is -0.479 e. The molecular weight excluding hydrogens is 401 g/mol. The number of methoxy groups -OCH3 is 1. The molecule has 2 aromatic rings. The van der Waals surface area contributed by atoms with E-state index >= 15 is 0 Å². The minimum absolute atomic E-state index is 0. The van der Waals surface area contributed by atoms with Gasteiger partial charge in [0.05, 0.1) is 12.5 Å². The molecule has 28 heavy (non-hydrogen) atoms. The molecule has 1 aliphatic heterocycles. The first-order valence-corrected chi connectivity index (χ1v) is 9.30. The largest absolute Gasteiger partial charge is 0.479 e. The zero-order valence-electron chi connectivity index (χ0n) is 17.2. The third-order valence-corrected chi connectivity index (χ3v) is 5.31. The van der Waals surface area contributed by atoms with Crippen LogP contribution in [0.3, 0.4) is 0 Å². The number of fused-ring (bicyclic) bond motifs is 1. The zero-order valence-corrected chi connectivity index (χ0v) is 18.8. The molecule has 3 rings (SSSR count). The Morgan fingerprint density at radius 1 is 1.36 bits per heavy atom. The maximum absolute atomic E-state index is 12.4. The number of rotatable bonds is 5. The summed E-state index contributed by atoms with van der Waals surface area (Å²) in [5, 5.41) is 11.9. The molecule has 0 bridgehead atoms. The monoisotopic (exact) mass is 431 g/mol. The second kappa shape index (κ2) is 10.3. The standard InChI is InChI=1S/C19H29N5O2.2ClH/c1-11-10-14(8-9-20-11)22-16(25)7-6-15-12(2)17-18(21-13(15)3)24(4)23-19(17)26-5;;/h11,14,20H,6-10H2,1-5H3,(H,22,25);2*1H. The van der Waals surface area contributed by atoms with Gasteiger partial charge >= 0.3 is 0 Å². The molecule has 1 saturated heterocycles. The van der Waals surface area contributed by atoms with E-state index in [1.807, 2.05) is 14.0 Å². The van der Waals surface area contributed by atoms with E-state index in [2.05, 4.69) is 34.6 Å². The maximum atomic E-state index is 12.4. The van der Waals surface area contributed by atoms with E-state index in [4.69, 9.17) is 4.74 Å². The van der Waals surface area contributed by atoms with Gasteiger partial charge in [-0.25, -0.2) is 9.67 Å². The van der Waals surface area contributed by atoms with Crippen molar-refractivity contribution >= 4 is 41.8 Å². The SMILES string of the molecule is COc1nn(C)c2nc(C)c(CCC(=O)NC3CCNC(C)C3)c(C)c12.Cl.Cl. The molecule has 1 amide bonds. The van der Waals surface area contributed by atoms with Crippen LogP contribution < -0.4 is 15.4 Å². The number of carbonyl (C=O) groups is 1. The number of ether oxygens (including phenoxy) is 1. The number of nitrogens with zero attached hydrogens (tertiary/aromatic N) is 3. The third kappa shape index (κ3) is 5.07. The summed E-state index contributed by atoms with van der Waals surface area (Å²) >= 11 is 0. The molecular formula is C19H31Cl2N5O2. The van der Waals surface area contributed by atoms with Crippen LogP contribution >= 0.6 is 24.8 Å². The number of carbonyl (C=O) groups excluding carboxylic acids is 1. The fraction of sp³-hybridized carbons (Fsp3) is 0.632. The van der Waals surface area contributed by atoms with Gasteiger partial charge in [0.1, 0.15) is 0 Å². The molecule has 7 nitrogen and oxygen atoms in total. The number of aryl methyl sites for hydroxylation is 3. The van der Waals surface area contributed by atoms with Crippen LogP contribution in [-0.4, -0.2) is 46.4 Å². The highest BCUT2D eigenvalue weighted by atomic mass is 35.5. The number of piperidine rings is 1. The van der Waals surface area contributed by atoms with Gasteiger partial charge in [-0.2, -0.15) is 0 Å². The van der Waals surface area contributed by atoms with Crippen LogP contribution in [0.25, 0.3) is 11.0 Å². The van der Waals surface area contributed by atoms with Crippen molar-refractivity contribution in [1.82, 2.24) is 25.4 Å². The zero-order chi connectivity index (χ0) is 18.8. The van der Waals surface area contributed by atoms with Gasteiger partial charge in [-0.05, 0) is 57.7 Å². The van der Waals surface area contributed by atoms with Crippen molar-refractivity contribution in [3.63, 3.8) is 0 Å². The summed E-state index contributed by atoms with van der Waals surface area (Å²) < 4.78 is 7.14. The van der Waals surface area contributed by atoms with Crippen molar-refractivity contribution < 1.29 is 9.53 Å². The van der Waals surface area contributed by atoms with Gasteiger partial charge in [0, 0.05) is 31.2 Å². The summed E-state index contributed by atoms with van der Waals surface area (Å²) in [6.07, 6.45) is 3.12. The highest BCUT2D eigenvalue weighted by Crippen LogP contribution is 2.30. The van der Waals surface area contributed by atoms with Gasteiger partial charge in [0.2, 0.25) is 11.8 Å². The van der Waals surface area contributed by atoms with Gasteiger partial charge in [0.15, 0.2) is 5.65 Å². The smallest absolute Gasteiger partial charge is 0.242 e. The van der Waals surface area contributed by atoms with Gasteiger partial charge in [-0.1, -0.05) is 0 Å². The van der Waals surface area contributed by atoms with Crippen molar-refractivity contribution in [2.45, 2.75) is 58.5 Å². The van der Waals surface area contributed by atoms with Crippen LogP contribution in [0.4, 0.5) is 0 Å². The fourth-order valence-electron chi connectivity index (χ4n) is 3.91. The van der Waals surface area contributed by atoms with Crippen LogP contribution in [0.2, 0.25) is 0 Å². The van der Waals surface area contributed by atoms with E-state index in [9.17, 15) is 4.79 Å². The first-order chi connectivity index (χ1) is 12.4. The van der Waals surface area contributed by atoms with Crippen LogP contribution in [0.1, 0.15) is 43.0 Å². The van der Waals surface area contributed by atoms with Crippen LogP contribution in [0.5, 0.6) is 5.88 Å². The van der Waals surface area contributed by atoms with Crippen LogP contribution in [0, 0.1) is 13.8 Å². The summed E-state index contributed by atoms with van der Waals surface area (Å²) in [7, 11) is 3.48. The van der Waals surface area contributed by atoms with Crippen molar-refractivity contribution in [3.8, 4) is 5.88 Å². The Hall–Kier alpha value is -1.57. The van der Waals surface area contributed by atoms with E-state index in [1.165, 1.54) is 0 Å². The van der Waals surface area contributed by atoms with Crippen LogP contribution in [0.15, 0.2) is 0 Å². The second-order valence-electron chi connectivity index (χ2n) is 7.28. The highest BCUT2D eigenvalue weighted by molar-refractivity contribution is 5.86. The minimum atomic E-state index is 0. The van der Waals surface area contributed by atoms with E-state index in [1.54, 1.807) is 11.8 Å². The lowest BCUT2D eigenvalue weighted by molar-refractivity contribution is -0.122. The molecule has 0 radical (unpaired) electrons. The van der Waals surface area contributed by atoms with Crippen molar-refractivity contribution in [2.75, 3.05) is 13.7 Å². The lowest BCUT2D eigenvalue weighted by atomic mass is 9.98. The summed E-state index contributed by atoms with van der Waals surface area (Å²) in [6.45, 7) is 7.18. The predicted octanol–water partition coefficient (Wildman–Crippen LogP) is 2.63. The van der Waals surface area contributed by atoms with E-state index in [0.29, 0.717) is 24.8 Å². The first-order valence-electron chi connectivity index (χ1n) is 9.30. The molecule has 2 aromatic heterocycles. The lowest BCUT2D eigenvalue weighted by Gasteiger charge is -2.28. The van der Waals surface area contributed by atoms with Crippen molar-refractivity contribution in [1.29, 1.82) is 0 Å². The number of amides is 1. The molecule has 0 aromatic carbocycles. The number of pyridine rings is 1. The number of halogens is 2. The van der Waals surface area contributed by atoms with Gasteiger partial charge in [-0.3, -0.25) is 4.79 Å². The average Bonchev–Trinajstić information content (AvgIpc) is 2.90. The van der Waals surface area contributed by atoms with E-state index in [-0.39, 0.29) is 36.8 Å². The number of hydrogen-bond acceptors (Lipinski definition) is 5. The third-order valence-electron chi connectivity index (χ3n) is 5.31. The number of hydrogen-bond donors (Lipinski definition) is 2. The summed E-state index contributed by atoms with van der Waals surface area (Å²) in [4.78, 5) is 17.1. The van der Waals surface area contributed by atoms with Crippen molar-refractivity contribution in [3.05, 3.63) is 16.8 Å². The Morgan fingerprint density at radius 2 is 2.07 bits per heavy atom. The number of nitrogens with one attached hydrogen (secondary N) is 2. The Morgan fingerprint density at radius 3 is 2.71 bits per heavy atom. The normalized spacial score (nSPS) is 18.9. The molecule has 9 heteroatoms. The quantitative estimate of drug-likeness (QED) is 0.759. The fourth-order valence-corrected chi connectivity index (χ4v) is 3.91. The Labute approximate surface area is 178 Å². The molecule has 158 valence electrons. The maximum Gasteiger partial charge on any atom is 0.242 e. The molecule has 1 aliphatic rings. The first kappa shape index (κ1) is 24.5. The van der Waals surface area contributed by atoms with Crippen molar-refractivity contribution in [2.24, 2.45) is 7.05 Å². The summed E-state index contributed by atoms with van der Waals surface area (Å²) in [6, 6.07) is 0.739. The molecule has 0 spiro atoms. The molecule has 1 fully saturated rings. The number of aromatic nitrogens is 3. The molecule has 0 saturated carbocycles. The summed E-state index contributed by atoms with van der Waals surface area (Å²) in [5.74, 6) is 0.697. The van der Waals surface area contributed by atoms with E-state index < -0.39 is 0 Å². The molecule has 2 atom stereocenters. The van der Waals surface area contributed by atoms with Gasteiger partial charge in [-0.15, -0.1) is 29.9 Å². The predicted molar refractivity (Wildman–Crippen MR) is 116 cm³/mol. The Balaban J connectivity index is 0.00000196. The van der Waals surface area contributed by atoms with Crippen LogP contribution in [-0.2, 0) is 18.3 Å². The molecule has 0 aliphatic carbocycles. The summed E-state index contributed by atoms with van der Waals surface area (Å²) in [5.41, 5.74) is 3.97. The van der Waals surface area contributed by atoms with Gasteiger partial charge < -0.3 is 15.4 Å². The van der Waals surface area contributed by atoms with Gasteiger partial charge in [0.25, 0.3) is 0 Å². The molecule has 2 N–H and O–H groups in total. The Kier molecular flexibility index (Phi) is 8.98. The van der Waals surface area contributed by atoms with E-state index in [0.717, 1.165) is 47.2 Å². The molecule has 3 heterocycles. The second-order valence-corrected chi connectivity index (χ2v) is 7.28. The topological polar surface area (TPSA) is 81.1 Å².